The van der Waals surface area contributed by atoms with E-state index in [1.807, 2.05) is 5.32 Å². The van der Waals surface area contributed by atoms with Crippen LogP contribution in [-0.4, -0.2) is 39.8 Å². The number of hydrogen-bond acceptors (Lipinski definition) is 6. The molecule has 120 valence electrons. The molecule has 0 aliphatic carbocycles. The van der Waals surface area contributed by atoms with Gasteiger partial charge in [0.05, 0.1) is 11.4 Å². The number of rotatable bonds is 5. The second-order valence-electron chi connectivity index (χ2n) is 3.95. The van der Waals surface area contributed by atoms with Crippen molar-refractivity contribution in [2.45, 2.75) is 18.0 Å². The lowest BCUT2D eigenvalue weighted by Gasteiger charge is -2.10. The zero-order valence-electron chi connectivity index (χ0n) is 11.2. The molecule has 0 unspecified atom stereocenters. The number of nitrogen functional groups attached to an aromatic ring is 1. The van der Waals surface area contributed by atoms with E-state index in [0.29, 0.717) is 11.3 Å². The molecular formula is C10H14F3N3O3S2. The number of carbonyl (C=O) groups is 1. The van der Waals surface area contributed by atoms with Gasteiger partial charge in [-0.1, -0.05) is 6.92 Å². The van der Waals surface area contributed by atoms with Crippen molar-refractivity contribution in [3.05, 3.63) is 4.88 Å². The van der Waals surface area contributed by atoms with E-state index in [4.69, 9.17) is 5.73 Å². The number of carbonyl (C=O) groups excluding carboxylic acids is 1. The van der Waals surface area contributed by atoms with E-state index < -0.39 is 33.4 Å². The highest BCUT2D eigenvalue weighted by Gasteiger charge is 2.32. The SMILES string of the molecule is CCS(=O)(=O)c1c(NCC(F)(F)F)sc(C(=O)NC)c1N. The van der Waals surface area contributed by atoms with Crippen LogP contribution in [0, 0.1) is 0 Å². The van der Waals surface area contributed by atoms with Crippen LogP contribution in [0.25, 0.3) is 0 Å². The van der Waals surface area contributed by atoms with E-state index in [1.54, 1.807) is 0 Å². The number of amides is 1. The lowest BCUT2D eigenvalue weighted by atomic mass is 10.3. The van der Waals surface area contributed by atoms with Gasteiger partial charge in [-0.05, 0) is 0 Å². The molecule has 1 amide bonds. The molecule has 0 aromatic carbocycles. The molecule has 0 fully saturated rings. The van der Waals surface area contributed by atoms with Gasteiger partial charge in [0, 0.05) is 7.05 Å². The van der Waals surface area contributed by atoms with E-state index in [0.717, 1.165) is 0 Å². The van der Waals surface area contributed by atoms with Gasteiger partial charge < -0.3 is 16.4 Å². The number of thiophene rings is 1. The highest BCUT2D eigenvalue weighted by Crippen LogP contribution is 2.40. The van der Waals surface area contributed by atoms with Crippen LogP contribution < -0.4 is 16.4 Å². The Morgan fingerprint density at radius 3 is 2.38 bits per heavy atom. The van der Waals surface area contributed by atoms with Gasteiger partial charge in [0.25, 0.3) is 5.91 Å². The van der Waals surface area contributed by atoms with Gasteiger partial charge >= 0.3 is 6.18 Å². The number of anilines is 2. The highest BCUT2D eigenvalue weighted by molar-refractivity contribution is 7.91. The summed E-state index contributed by atoms with van der Waals surface area (Å²) in [7, 11) is -2.57. The van der Waals surface area contributed by atoms with Crippen LogP contribution in [0.3, 0.4) is 0 Å². The highest BCUT2D eigenvalue weighted by atomic mass is 32.2. The number of nitrogens with two attached hydrogens (primary N) is 1. The summed E-state index contributed by atoms with van der Waals surface area (Å²) >= 11 is 0.574. The topological polar surface area (TPSA) is 101 Å². The van der Waals surface area contributed by atoms with E-state index in [2.05, 4.69) is 5.32 Å². The van der Waals surface area contributed by atoms with E-state index >= 15 is 0 Å². The van der Waals surface area contributed by atoms with Gasteiger partial charge in [-0.3, -0.25) is 4.79 Å². The largest absolute Gasteiger partial charge is 0.405 e. The summed E-state index contributed by atoms with van der Waals surface area (Å²) < 4.78 is 60.7. The van der Waals surface area contributed by atoms with Crippen molar-refractivity contribution in [1.29, 1.82) is 0 Å². The van der Waals surface area contributed by atoms with Crippen LogP contribution in [0.15, 0.2) is 4.90 Å². The predicted octanol–water partition coefficient (Wildman–Crippen LogP) is 1.46. The summed E-state index contributed by atoms with van der Waals surface area (Å²) in [6, 6.07) is 0. The lowest BCUT2D eigenvalue weighted by Crippen LogP contribution is -2.22. The number of hydrogen-bond donors (Lipinski definition) is 3. The van der Waals surface area contributed by atoms with Gasteiger partial charge in [-0.25, -0.2) is 8.42 Å². The molecule has 1 aromatic heterocycles. The molecule has 0 atom stereocenters. The summed E-state index contributed by atoms with van der Waals surface area (Å²) in [5.74, 6) is -1.01. The fourth-order valence-electron chi connectivity index (χ4n) is 1.46. The third kappa shape index (κ3) is 4.00. The van der Waals surface area contributed by atoms with Gasteiger partial charge in [-0.2, -0.15) is 13.2 Å². The number of halogens is 3. The van der Waals surface area contributed by atoms with Gasteiger partial charge in [0.15, 0.2) is 9.84 Å². The molecule has 6 nitrogen and oxygen atoms in total. The Kier molecular flexibility index (Phi) is 5.10. The molecule has 0 radical (unpaired) electrons. The van der Waals surface area contributed by atoms with Crippen LogP contribution in [0.2, 0.25) is 0 Å². The summed E-state index contributed by atoms with van der Waals surface area (Å²) in [5.41, 5.74) is 5.29. The molecule has 4 N–H and O–H groups in total. The third-order valence-corrected chi connectivity index (χ3v) is 5.57. The lowest BCUT2D eigenvalue weighted by molar-refractivity contribution is -0.115. The van der Waals surface area contributed by atoms with Gasteiger partial charge in [-0.15, -0.1) is 11.3 Å². The maximum atomic E-state index is 12.3. The Labute approximate surface area is 123 Å². The maximum absolute atomic E-state index is 12.3. The van der Waals surface area contributed by atoms with Crippen LogP contribution in [-0.2, 0) is 9.84 Å². The second kappa shape index (κ2) is 6.10. The molecule has 11 heteroatoms. The minimum atomic E-state index is -4.53. The number of nitrogens with one attached hydrogen (secondary N) is 2. The van der Waals surface area contributed by atoms with Crippen LogP contribution in [0.1, 0.15) is 16.6 Å². The first-order chi connectivity index (χ1) is 9.53. The van der Waals surface area contributed by atoms with Crippen molar-refractivity contribution in [2.24, 2.45) is 0 Å². The van der Waals surface area contributed by atoms with Crippen LogP contribution in [0.4, 0.5) is 23.9 Å². The zero-order chi connectivity index (χ0) is 16.4. The molecule has 0 aliphatic heterocycles. The summed E-state index contributed by atoms with van der Waals surface area (Å²) in [6.45, 7) is -0.0914. The fourth-order valence-corrected chi connectivity index (χ4v) is 4.07. The molecular weight excluding hydrogens is 331 g/mol. The van der Waals surface area contributed by atoms with Gasteiger partial charge in [0.2, 0.25) is 0 Å². The molecule has 1 aromatic rings. The Morgan fingerprint density at radius 2 is 1.95 bits per heavy atom. The number of alkyl halides is 3. The first kappa shape index (κ1) is 17.6. The van der Waals surface area contributed by atoms with Crippen LogP contribution >= 0.6 is 11.3 Å². The Bertz CT molecular complexity index is 638. The van der Waals surface area contributed by atoms with Crippen molar-refractivity contribution < 1.29 is 26.4 Å². The minimum Gasteiger partial charge on any atom is -0.396 e. The van der Waals surface area contributed by atoms with Crippen molar-refractivity contribution in [2.75, 3.05) is 30.4 Å². The number of sulfone groups is 1. The van der Waals surface area contributed by atoms with E-state index in [9.17, 15) is 26.4 Å². The Balaban J connectivity index is 3.37. The predicted molar refractivity (Wildman–Crippen MR) is 74.4 cm³/mol. The van der Waals surface area contributed by atoms with Crippen molar-refractivity contribution in [3.8, 4) is 0 Å². The smallest absolute Gasteiger partial charge is 0.396 e. The van der Waals surface area contributed by atoms with E-state index in [1.165, 1.54) is 14.0 Å². The maximum Gasteiger partial charge on any atom is 0.405 e. The zero-order valence-corrected chi connectivity index (χ0v) is 12.8. The minimum absolute atomic E-state index is 0.144. The van der Waals surface area contributed by atoms with Gasteiger partial charge in [0.1, 0.15) is 21.3 Å². The summed E-state index contributed by atoms with van der Waals surface area (Å²) in [4.78, 5) is 11.0. The fraction of sp³-hybridized carbons (Fsp3) is 0.500. The average Bonchev–Trinajstić information content (AvgIpc) is 2.72. The molecule has 0 bridgehead atoms. The summed E-state index contributed by atoms with van der Waals surface area (Å²) in [5, 5.41) is 3.95. The Morgan fingerprint density at radius 1 is 1.38 bits per heavy atom. The van der Waals surface area contributed by atoms with Crippen molar-refractivity contribution in [1.82, 2.24) is 5.32 Å². The monoisotopic (exact) mass is 345 g/mol. The van der Waals surface area contributed by atoms with Crippen molar-refractivity contribution >= 4 is 37.8 Å². The Hall–Kier alpha value is -1.49. The molecule has 21 heavy (non-hydrogen) atoms. The molecule has 0 saturated heterocycles. The normalized spacial score (nSPS) is 12.2. The third-order valence-electron chi connectivity index (χ3n) is 2.47. The first-order valence-electron chi connectivity index (χ1n) is 5.71. The quantitative estimate of drug-likeness (QED) is 0.750. The average molecular weight is 345 g/mol. The van der Waals surface area contributed by atoms with Crippen molar-refractivity contribution in [3.63, 3.8) is 0 Å². The second-order valence-corrected chi connectivity index (χ2v) is 7.19. The first-order valence-corrected chi connectivity index (χ1v) is 8.18. The van der Waals surface area contributed by atoms with E-state index in [-0.39, 0.29) is 21.3 Å². The standard InChI is InChI=1S/C10H14F3N3O3S2/c1-3-21(18,19)7-5(14)6(8(17)15-2)20-9(7)16-4-10(11,12)13/h16H,3-4,14H2,1-2H3,(H,15,17). The summed E-state index contributed by atoms with van der Waals surface area (Å²) in [6.07, 6.45) is -4.53. The molecule has 1 rings (SSSR count). The van der Waals surface area contributed by atoms with Crippen LogP contribution in [0.5, 0.6) is 0 Å². The molecule has 0 spiro atoms. The molecule has 0 aliphatic rings. The molecule has 0 saturated carbocycles. The molecule has 1 heterocycles.